The van der Waals surface area contributed by atoms with Crippen LogP contribution < -0.4 is 20.9 Å². The molecule has 0 aliphatic carbocycles. The van der Waals surface area contributed by atoms with Gasteiger partial charge in [-0.15, -0.1) is 0 Å². The molecule has 1 aromatic heterocycles. The average Bonchev–Trinajstić information content (AvgIpc) is 3.18. The van der Waals surface area contributed by atoms with E-state index in [0.717, 1.165) is 49.8 Å². The number of fused-ring (bicyclic) bond motifs is 2. The Bertz CT molecular complexity index is 2600. The highest BCUT2D eigenvalue weighted by Crippen LogP contribution is 2.39. The van der Waals surface area contributed by atoms with Crippen molar-refractivity contribution in [2.45, 2.75) is 0 Å². The lowest BCUT2D eigenvalue weighted by atomic mass is 9.92. The molecule has 250 valence electrons. The van der Waals surface area contributed by atoms with Crippen LogP contribution >= 0.6 is 0 Å². The van der Waals surface area contributed by atoms with Crippen LogP contribution in [0.4, 0.5) is 11.4 Å². The second-order valence-electron chi connectivity index (χ2n) is 12.4. The molecule has 1 heterocycles. The van der Waals surface area contributed by atoms with Gasteiger partial charge in [-0.05, 0) is 148 Å². The van der Waals surface area contributed by atoms with Crippen molar-refractivity contribution in [3.63, 3.8) is 0 Å². The zero-order valence-electron chi connectivity index (χ0n) is 27.8. The van der Waals surface area contributed by atoms with Crippen LogP contribution in [-0.2, 0) is 0 Å². The average molecular weight is 678 g/mol. The van der Waals surface area contributed by atoms with E-state index >= 15 is 0 Å². The molecule has 8 rings (SSSR count). The van der Waals surface area contributed by atoms with Gasteiger partial charge in [-0.25, -0.2) is 14.6 Å². The molecule has 0 amide bonds. The molecule has 0 spiro atoms. The second-order valence-corrected chi connectivity index (χ2v) is 12.4. The minimum Gasteiger partial charge on any atom is -0.423 e. The quantitative estimate of drug-likeness (QED) is 0.0746. The number of nitrogens with zero attached hydrogens (tertiary/aromatic N) is 1. The standard InChI is InChI=1S/C45H31N3O4/c46-35-16-8-30(9-17-35)44(49)51-37-20-12-28(13-21-37)42-25-24-40(39-7-3-6-34-26-32-4-1-2-5-33(32)27-41(34)39)43(48-42)29-14-22-38(23-15-29)52-45(50)31-10-18-36(47)19-11-31/h1-27H,46-47H2. The molecule has 0 radical (unpaired) electrons. The third-order valence-electron chi connectivity index (χ3n) is 8.92. The van der Waals surface area contributed by atoms with Gasteiger partial charge >= 0.3 is 11.9 Å². The minimum atomic E-state index is -0.473. The van der Waals surface area contributed by atoms with E-state index < -0.39 is 11.9 Å². The number of pyridine rings is 1. The molecule has 4 N–H and O–H groups in total. The minimum absolute atomic E-state index is 0.406. The van der Waals surface area contributed by atoms with Crippen molar-refractivity contribution in [3.05, 3.63) is 175 Å². The zero-order chi connectivity index (χ0) is 35.6. The number of benzene rings is 7. The first-order valence-corrected chi connectivity index (χ1v) is 16.7. The summed E-state index contributed by atoms with van der Waals surface area (Å²) in [4.78, 5) is 30.7. The van der Waals surface area contributed by atoms with E-state index in [0.29, 0.717) is 34.0 Å². The van der Waals surface area contributed by atoms with Gasteiger partial charge in [-0.1, -0.05) is 42.5 Å². The lowest BCUT2D eigenvalue weighted by Crippen LogP contribution is -2.08. The van der Waals surface area contributed by atoms with E-state index in [2.05, 4.69) is 48.5 Å². The molecule has 0 aliphatic heterocycles. The lowest BCUT2D eigenvalue weighted by Gasteiger charge is -2.15. The molecule has 52 heavy (non-hydrogen) atoms. The van der Waals surface area contributed by atoms with Gasteiger partial charge in [-0.3, -0.25) is 0 Å². The summed E-state index contributed by atoms with van der Waals surface area (Å²) in [5.74, 6) is -0.124. The molecule has 0 fully saturated rings. The molecule has 0 saturated carbocycles. The Labute approximate surface area is 299 Å². The number of nitrogens with two attached hydrogens (primary N) is 2. The smallest absolute Gasteiger partial charge is 0.343 e. The Morgan fingerprint density at radius 1 is 0.462 bits per heavy atom. The molecule has 7 heteroatoms. The summed E-state index contributed by atoms with van der Waals surface area (Å²) in [5.41, 5.74) is 18.7. The molecule has 7 nitrogen and oxygen atoms in total. The van der Waals surface area contributed by atoms with Crippen LogP contribution in [-0.4, -0.2) is 16.9 Å². The van der Waals surface area contributed by atoms with Crippen LogP contribution in [0.15, 0.2) is 164 Å². The zero-order valence-corrected chi connectivity index (χ0v) is 27.8. The number of ether oxygens (including phenoxy) is 2. The lowest BCUT2D eigenvalue weighted by molar-refractivity contribution is 0.0725. The van der Waals surface area contributed by atoms with E-state index in [-0.39, 0.29) is 0 Å². The van der Waals surface area contributed by atoms with Gasteiger partial charge in [-0.2, -0.15) is 0 Å². The van der Waals surface area contributed by atoms with Gasteiger partial charge in [0.2, 0.25) is 0 Å². The number of hydrogen-bond acceptors (Lipinski definition) is 7. The monoisotopic (exact) mass is 677 g/mol. The summed E-state index contributed by atoms with van der Waals surface area (Å²) in [5, 5.41) is 4.56. The van der Waals surface area contributed by atoms with Gasteiger partial charge in [0.25, 0.3) is 0 Å². The first-order chi connectivity index (χ1) is 25.4. The Balaban J connectivity index is 1.16. The third kappa shape index (κ3) is 6.54. The summed E-state index contributed by atoms with van der Waals surface area (Å²) in [6.07, 6.45) is 0. The largest absolute Gasteiger partial charge is 0.423 e. The maximum absolute atomic E-state index is 12.8. The highest BCUT2D eigenvalue weighted by molar-refractivity contribution is 6.06. The van der Waals surface area contributed by atoms with Crippen LogP contribution in [0.3, 0.4) is 0 Å². The molecular formula is C45H31N3O4. The second kappa shape index (κ2) is 13.6. The highest BCUT2D eigenvalue weighted by Gasteiger charge is 2.16. The number of hydrogen-bond donors (Lipinski definition) is 2. The molecule has 7 aromatic carbocycles. The molecule has 0 saturated heterocycles. The maximum Gasteiger partial charge on any atom is 0.343 e. The number of nitrogen functional groups attached to an aromatic ring is 2. The van der Waals surface area contributed by atoms with Crippen LogP contribution in [0.2, 0.25) is 0 Å². The van der Waals surface area contributed by atoms with Gasteiger partial charge in [0.05, 0.1) is 22.5 Å². The summed E-state index contributed by atoms with van der Waals surface area (Å²) in [6.45, 7) is 0. The van der Waals surface area contributed by atoms with Crippen LogP contribution in [0.5, 0.6) is 11.5 Å². The Kier molecular flexibility index (Phi) is 8.35. The summed E-state index contributed by atoms with van der Waals surface area (Å²) < 4.78 is 11.3. The molecule has 0 unspecified atom stereocenters. The Hall–Kier alpha value is -7.25. The Morgan fingerprint density at radius 3 is 1.56 bits per heavy atom. The van der Waals surface area contributed by atoms with Crippen molar-refractivity contribution in [1.82, 2.24) is 4.98 Å². The van der Waals surface area contributed by atoms with E-state index in [4.69, 9.17) is 25.9 Å². The molecular weight excluding hydrogens is 647 g/mol. The number of aromatic nitrogens is 1. The van der Waals surface area contributed by atoms with Gasteiger partial charge in [0, 0.05) is 28.1 Å². The summed E-state index contributed by atoms with van der Waals surface area (Å²) in [7, 11) is 0. The highest BCUT2D eigenvalue weighted by atomic mass is 16.5. The Morgan fingerprint density at radius 2 is 0.981 bits per heavy atom. The van der Waals surface area contributed by atoms with Crippen molar-refractivity contribution in [1.29, 1.82) is 0 Å². The predicted octanol–water partition coefficient (Wildman–Crippen LogP) is 9.99. The van der Waals surface area contributed by atoms with Crippen LogP contribution in [0, 0.1) is 0 Å². The van der Waals surface area contributed by atoms with E-state index in [1.807, 2.05) is 42.5 Å². The van der Waals surface area contributed by atoms with Gasteiger partial charge < -0.3 is 20.9 Å². The predicted molar refractivity (Wildman–Crippen MR) is 207 cm³/mol. The molecule has 0 bridgehead atoms. The number of carbonyl (C=O) groups excluding carboxylic acids is 2. The number of anilines is 2. The van der Waals surface area contributed by atoms with Crippen LogP contribution in [0.25, 0.3) is 55.2 Å². The number of rotatable bonds is 7. The SMILES string of the molecule is Nc1ccc(C(=O)Oc2ccc(-c3ccc(-c4cccc5cc6ccccc6cc45)c(-c4ccc(OC(=O)c5ccc(N)cc5)cc4)n3)cc2)cc1. The van der Waals surface area contributed by atoms with Gasteiger partial charge in [0.15, 0.2) is 0 Å². The molecule has 0 atom stereocenters. The number of esters is 2. The van der Waals surface area contributed by atoms with E-state index in [9.17, 15) is 9.59 Å². The fourth-order valence-corrected chi connectivity index (χ4v) is 6.20. The van der Waals surface area contributed by atoms with Gasteiger partial charge in [0.1, 0.15) is 11.5 Å². The molecule has 8 aromatic rings. The van der Waals surface area contributed by atoms with E-state index in [1.165, 1.54) is 5.39 Å². The van der Waals surface area contributed by atoms with Crippen molar-refractivity contribution in [2.75, 3.05) is 11.5 Å². The fraction of sp³-hybridized carbons (Fsp3) is 0. The summed E-state index contributed by atoms with van der Waals surface area (Å²) >= 11 is 0. The van der Waals surface area contributed by atoms with Crippen molar-refractivity contribution >= 4 is 44.9 Å². The normalized spacial score (nSPS) is 11.0. The fourth-order valence-electron chi connectivity index (χ4n) is 6.20. The maximum atomic E-state index is 12.8. The first-order valence-electron chi connectivity index (χ1n) is 16.7. The third-order valence-corrected chi connectivity index (χ3v) is 8.92. The van der Waals surface area contributed by atoms with Crippen molar-refractivity contribution < 1.29 is 19.1 Å². The molecule has 0 aliphatic rings. The summed E-state index contributed by atoms with van der Waals surface area (Å²) in [6, 6.07) is 50.9. The topological polar surface area (TPSA) is 118 Å². The van der Waals surface area contributed by atoms with Crippen molar-refractivity contribution in [2.24, 2.45) is 0 Å². The van der Waals surface area contributed by atoms with Crippen LogP contribution in [0.1, 0.15) is 20.7 Å². The van der Waals surface area contributed by atoms with E-state index in [1.54, 1.807) is 72.8 Å². The first kappa shape index (κ1) is 32.0. The van der Waals surface area contributed by atoms with Crippen molar-refractivity contribution in [3.8, 4) is 45.1 Å². The number of carbonyl (C=O) groups is 2.